The number of benzene rings is 1. The maximum Gasteiger partial charge on any atom is 0.512 e. The van der Waals surface area contributed by atoms with E-state index in [0.717, 1.165) is 31.0 Å². The van der Waals surface area contributed by atoms with E-state index in [1.54, 1.807) is 0 Å². The van der Waals surface area contributed by atoms with Gasteiger partial charge in [0.25, 0.3) is 0 Å². The molecule has 0 aromatic heterocycles. The van der Waals surface area contributed by atoms with Gasteiger partial charge in [0.2, 0.25) is 0 Å². The van der Waals surface area contributed by atoms with Gasteiger partial charge in [-0.3, -0.25) is 0 Å². The van der Waals surface area contributed by atoms with E-state index in [1.807, 2.05) is 0 Å². The second-order valence-corrected chi connectivity index (χ2v) is 4.64. The van der Waals surface area contributed by atoms with E-state index >= 15 is 0 Å². The normalized spacial score (nSPS) is 11.9. The fourth-order valence-electron chi connectivity index (χ4n) is 1.54. The van der Waals surface area contributed by atoms with Gasteiger partial charge in [0.1, 0.15) is 5.75 Å². The summed E-state index contributed by atoms with van der Waals surface area (Å²) in [4.78, 5) is 0. The van der Waals surface area contributed by atoms with Gasteiger partial charge in [-0.1, -0.05) is 25.4 Å². The first-order valence-corrected chi connectivity index (χ1v) is 5.93. The van der Waals surface area contributed by atoms with E-state index in [-0.39, 0.29) is 5.75 Å². The zero-order valence-electron chi connectivity index (χ0n) is 10.4. The van der Waals surface area contributed by atoms with Crippen molar-refractivity contribution in [3.8, 4) is 5.75 Å². The van der Waals surface area contributed by atoms with E-state index in [9.17, 15) is 17.3 Å². The molecule has 0 aliphatic heterocycles. The van der Waals surface area contributed by atoms with Crippen LogP contribution in [0.4, 0.5) is 17.3 Å². The van der Waals surface area contributed by atoms with Gasteiger partial charge in [-0.05, 0) is 24.8 Å². The summed E-state index contributed by atoms with van der Waals surface area (Å²) in [6.07, 6.45) is 1.76. The summed E-state index contributed by atoms with van der Waals surface area (Å²) < 4.78 is 55.5. The molecule has 0 atom stereocenters. The third-order valence-corrected chi connectivity index (χ3v) is 2.52. The van der Waals surface area contributed by atoms with Gasteiger partial charge in [0.05, 0.1) is 12.4 Å². The summed E-state index contributed by atoms with van der Waals surface area (Å²) in [5.41, 5.74) is -1.20. The van der Waals surface area contributed by atoms with Crippen LogP contribution in [0.5, 0.6) is 5.75 Å². The van der Waals surface area contributed by atoms with Gasteiger partial charge in [0.15, 0.2) is 0 Å². The van der Waals surface area contributed by atoms with Gasteiger partial charge in [-0.15, -0.1) is 0 Å². The Morgan fingerprint density at radius 3 is 2.39 bits per heavy atom. The summed E-state index contributed by atoms with van der Waals surface area (Å²) in [5, 5.41) is 0. The number of ether oxygens (including phenoxy) is 1. The predicted molar refractivity (Wildman–Crippen MR) is 64.7 cm³/mol. The fourth-order valence-corrected chi connectivity index (χ4v) is 1.54. The lowest BCUT2D eigenvalue weighted by molar-refractivity contribution is 0.296. The Morgan fingerprint density at radius 1 is 1.22 bits per heavy atom. The Labute approximate surface area is 104 Å². The molecule has 102 valence electrons. The molecule has 0 amide bonds. The molecule has 1 aromatic rings. The molecule has 0 bridgehead atoms. The summed E-state index contributed by atoms with van der Waals surface area (Å²) in [5.74, 6) is -0.593. The van der Waals surface area contributed by atoms with Crippen molar-refractivity contribution < 1.29 is 22.1 Å². The lowest BCUT2D eigenvalue weighted by Crippen LogP contribution is -2.36. The van der Waals surface area contributed by atoms with Crippen molar-refractivity contribution in [1.29, 1.82) is 0 Å². The fraction of sp³-hybridized carbons (Fsp3) is 0.500. The maximum absolute atomic E-state index is 13.2. The molecule has 0 radical (unpaired) electrons. The van der Waals surface area contributed by atoms with Crippen LogP contribution in [-0.2, 0) is 0 Å². The average molecular weight is 263 g/mol. The predicted octanol–water partition coefficient (Wildman–Crippen LogP) is 3.70. The molecule has 0 heterocycles. The van der Waals surface area contributed by atoms with Crippen LogP contribution in [0.25, 0.3) is 0 Å². The van der Waals surface area contributed by atoms with Crippen LogP contribution in [-0.4, -0.2) is 13.6 Å². The summed E-state index contributed by atoms with van der Waals surface area (Å²) in [6, 6.07) is 2.68. The molecule has 0 aliphatic rings. The van der Waals surface area contributed by atoms with Crippen LogP contribution in [0.1, 0.15) is 26.7 Å². The minimum Gasteiger partial charge on any atom is -0.493 e. The Balaban J connectivity index is 2.57. The van der Waals surface area contributed by atoms with Crippen molar-refractivity contribution in [3.05, 3.63) is 24.0 Å². The third-order valence-electron chi connectivity index (χ3n) is 2.52. The highest BCUT2D eigenvalue weighted by Gasteiger charge is 2.28. The first-order valence-electron chi connectivity index (χ1n) is 5.93. The van der Waals surface area contributed by atoms with Crippen LogP contribution in [0.2, 0.25) is 0 Å². The van der Waals surface area contributed by atoms with Gasteiger partial charge in [-0.2, -0.15) is 0 Å². The van der Waals surface area contributed by atoms with Gasteiger partial charge < -0.3 is 17.7 Å². The molecule has 1 aromatic carbocycles. The minimum absolute atomic E-state index is 0.139. The van der Waals surface area contributed by atoms with Crippen molar-refractivity contribution in [1.82, 2.24) is 0 Å². The second kappa shape index (κ2) is 6.11. The van der Waals surface area contributed by atoms with Crippen molar-refractivity contribution in [3.63, 3.8) is 0 Å². The monoisotopic (exact) mass is 263 g/mol. The summed E-state index contributed by atoms with van der Waals surface area (Å²) in [6.45, 7) is -0.783. The molecular weight excluding hydrogens is 247 g/mol. The molecule has 6 heteroatoms. The molecule has 1 nitrogen and oxygen atoms in total. The second-order valence-electron chi connectivity index (χ2n) is 4.64. The zero-order valence-corrected chi connectivity index (χ0v) is 10.4. The standard InChI is InChI=1S/C12H16BF4O/c1-9(2)4-3-7-18-10-5-6-11(12(14)8-10)13(15,16)17/h5-6,8-9H,3-4,7H2,1-2H3/q-1. The lowest BCUT2D eigenvalue weighted by Gasteiger charge is -2.16. The van der Waals surface area contributed by atoms with Gasteiger partial charge in [-0.25, -0.2) is 4.39 Å². The van der Waals surface area contributed by atoms with Crippen molar-refractivity contribution in [2.24, 2.45) is 5.92 Å². The number of rotatable bonds is 6. The Bertz CT molecular complexity index is 390. The lowest BCUT2D eigenvalue weighted by atomic mass is 9.80. The summed E-state index contributed by atoms with van der Waals surface area (Å²) >= 11 is 0. The quantitative estimate of drug-likeness (QED) is 0.432. The topological polar surface area (TPSA) is 9.23 Å². The molecule has 0 N–H and O–H groups in total. The molecule has 0 fully saturated rings. The smallest absolute Gasteiger partial charge is 0.493 e. The Kier molecular flexibility index (Phi) is 5.05. The van der Waals surface area contributed by atoms with Crippen LogP contribution in [0, 0.1) is 11.7 Å². The first-order chi connectivity index (χ1) is 8.30. The van der Waals surface area contributed by atoms with Gasteiger partial charge in [0, 0.05) is 6.07 Å². The molecule has 0 saturated carbocycles. The Morgan fingerprint density at radius 2 is 1.89 bits per heavy atom. The van der Waals surface area contributed by atoms with Crippen LogP contribution in [0.3, 0.4) is 0 Å². The molecule has 0 aliphatic carbocycles. The van der Waals surface area contributed by atoms with E-state index in [4.69, 9.17) is 4.74 Å². The van der Waals surface area contributed by atoms with Gasteiger partial charge >= 0.3 is 6.98 Å². The van der Waals surface area contributed by atoms with Crippen LogP contribution < -0.4 is 10.2 Å². The average Bonchev–Trinajstić information content (AvgIpc) is 2.22. The number of hydrogen-bond donors (Lipinski definition) is 0. The van der Waals surface area contributed by atoms with E-state index < -0.39 is 18.3 Å². The highest BCUT2D eigenvalue weighted by molar-refractivity contribution is 6.73. The number of hydrogen-bond acceptors (Lipinski definition) is 1. The molecule has 1 rings (SSSR count). The van der Waals surface area contributed by atoms with E-state index in [0.29, 0.717) is 12.5 Å². The Hall–Kier alpha value is -1.20. The van der Waals surface area contributed by atoms with Crippen molar-refractivity contribution in [2.45, 2.75) is 26.7 Å². The highest BCUT2D eigenvalue weighted by atomic mass is 19.4. The molecule has 0 saturated heterocycles. The first kappa shape index (κ1) is 14.9. The highest BCUT2D eigenvalue weighted by Crippen LogP contribution is 2.17. The zero-order chi connectivity index (χ0) is 13.8. The van der Waals surface area contributed by atoms with Crippen LogP contribution >= 0.6 is 0 Å². The SMILES string of the molecule is CC(C)CCCOc1ccc([B-](F)(F)F)c(F)c1. The largest absolute Gasteiger partial charge is 0.512 e. The maximum atomic E-state index is 13.2. The number of halogens is 4. The molecule has 18 heavy (non-hydrogen) atoms. The van der Waals surface area contributed by atoms with Crippen molar-refractivity contribution in [2.75, 3.05) is 6.61 Å². The minimum atomic E-state index is -5.30. The van der Waals surface area contributed by atoms with E-state index in [2.05, 4.69) is 13.8 Å². The van der Waals surface area contributed by atoms with Crippen LogP contribution in [0.15, 0.2) is 18.2 Å². The van der Waals surface area contributed by atoms with E-state index in [1.165, 1.54) is 0 Å². The molecule has 0 unspecified atom stereocenters. The molecular formula is C12H16BF4O-. The molecule has 0 spiro atoms. The third kappa shape index (κ3) is 4.59. The summed E-state index contributed by atoms with van der Waals surface area (Å²) in [7, 11) is 0. The van der Waals surface area contributed by atoms with Crippen molar-refractivity contribution >= 4 is 12.4 Å².